The maximum Gasteiger partial charge on any atom is 0.191 e. The van der Waals surface area contributed by atoms with Crippen molar-refractivity contribution in [2.75, 3.05) is 26.7 Å². The summed E-state index contributed by atoms with van der Waals surface area (Å²) in [5.41, 5.74) is 0. The lowest BCUT2D eigenvalue weighted by atomic mass is 10.2. The van der Waals surface area contributed by atoms with Crippen LogP contribution in [0, 0.1) is 6.92 Å². The van der Waals surface area contributed by atoms with Gasteiger partial charge >= 0.3 is 0 Å². The number of hydrogen-bond donors (Lipinski definition) is 2. The Morgan fingerprint density at radius 3 is 2.87 bits per heavy atom. The van der Waals surface area contributed by atoms with Gasteiger partial charge in [-0.2, -0.15) is 0 Å². The molecule has 0 bridgehead atoms. The average Bonchev–Trinajstić information content (AvgIpc) is 3.11. The molecule has 2 N–H and O–H groups in total. The molecule has 0 spiro atoms. The van der Waals surface area contributed by atoms with E-state index in [4.69, 9.17) is 0 Å². The monoisotopic (exact) mass is 450 g/mol. The Labute approximate surface area is 162 Å². The summed E-state index contributed by atoms with van der Waals surface area (Å²) in [6.07, 6.45) is 3.66. The number of halogens is 1. The molecule has 2 unspecified atom stereocenters. The molecule has 1 aromatic heterocycles. The molecule has 1 aliphatic rings. The van der Waals surface area contributed by atoms with E-state index >= 15 is 0 Å². The van der Waals surface area contributed by atoms with E-state index in [0.717, 1.165) is 25.5 Å². The molecule has 1 fully saturated rings. The van der Waals surface area contributed by atoms with Crippen LogP contribution in [0.5, 0.6) is 0 Å². The van der Waals surface area contributed by atoms with Gasteiger partial charge in [-0.05, 0) is 51.9 Å². The summed E-state index contributed by atoms with van der Waals surface area (Å²) in [6.45, 7) is 9.99. The van der Waals surface area contributed by atoms with Crippen LogP contribution >= 0.6 is 35.3 Å². The van der Waals surface area contributed by atoms with E-state index in [9.17, 15) is 0 Å². The number of aliphatic imine (C=N–C) groups is 1. The maximum absolute atomic E-state index is 4.37. The van der Waals surface area contributed by atoms with Crippen LogP contribution in [-0.4, -0.2) is 49.6 Å². The van der Waals surface area contributed by atoms with Gasteiger partial charge in [-0.1, -0.05) is 6.92 Å². The maximum atomic E-state index is 4.37. The minimum atomic E-state index is 0. The van der Waals surface area contributed by atoms with Crippen molar-refractivity contribution in [1.82, 2.24) is 15.5 Å². The molecule has 1 saturated heterocycles. The predicted molar refractivity (Wildman–Crippen MR) is 112 cm³/mol. The fourth-order valence-corrected chi connectivity index (χ4v) is 4.15. The van der Waals surface area contributed by atoms with Gasteiger partial charge in [0.15, 0.2) is 5.96 Å². The molecule has 0 aliphatic carbocycles. The van der Waals surface area contributed by atoms with Crippen LogP contribution in [0.4, 0.5) is 0 Å². The Morgan fingerprint density at radius 1 is 1.48 bits per heavy atom. The number of nitrogens with zero attached hydrogens (tertiary/aromatic N) is 2. The first-order valence-electron chi connectivity index (χ1n) is 8.39. The molecule has 2 rings (SSSR count). The van der Waals surface area contributed by atoms with Gasteiger partial charge in [0.05, 0.1) is 0 Å². The van der Waals surface area contributed by atoms with Crippen LogP contribution in [0.2, 0.25) is 0 Å². The molecule has 2 heterocycles. The second kappa shape index (κ2) is 10.5. The fourth-order valence-electron chi connectivity index (χ4n) is 3.13. The zero-order valence-corrected chi connectivity index (χ0v) is 17.9. The van der Waals surface area contributed by atoms with Crippen molar-refractivity contribution < 1.29 is 0 Å². The van der Waals surface area contributed by atoms with Crippen molar-refractivity contribution in [3.63, 3.8) is 0 Å². The van der Waals surface area contributed by atoms with E-state index in [-0.39, 0.29) is 24.0 Å². The standard InChI is InChI=1S/C17H30N4S.HI/c1-5-21-10-6-7-15(21)12-19-17(18-4)20-13(2)11-16-9-8-14(3)22-16;/h8-9,13,15H,5-7,10-12H2,1-4H3,(H2,18,19,20);1H. The molecule has 0 aromatic carbocycles. The van der Waals surface area contributed by atoms with Gasteiger partial charge < -0.3 is 10.6 Å². The quantitative estimate of drug-likeness (QED) is 0.397. The van der Waals surface area contributed by atoms with Gasteiger partial charge in [0.1, 0.15) is 0 Å². The SMILES string of the molecule is CCN1CCCC1CNC(=NC)NC(C)Cc1ccc(C)s1.I. The second-order valence-electron chi connectivity index (χ2n) is 6.14. The molecular formula is C17H31IN4S. The van der Waals surface area contributed by atoms with Gasteiger partial charge in [-0.3, -0.25) is 9.89 Å². The molecule has 132 valence electrons. The molecule has 1 aromatic rings. The van der Waals surface area contributed by atoms with Crippen LogP contribution in [0.3, 0.4) is 0 Å². The number of guanidine groups is 1. The number of hydrogen-bond acceptors (Lipinski definition) is 3. The van der Waals surface area contributed by atoms with Gasteiger partial charge in [0, 0.05) is 41.9 Å². The Kier molecular flexibility index (Phi) is 9.46. The highest BCUT2D eigenvalue weighted by Gasteiger charge is 2.22. The molecule has 23 heavy (non-hydrogen) atoms. The lowest BCUT2D eigenvalue weighted by Crippen LogP contribution is -2.47. The fraction of sp³-hybridized carbons (Fsp3) is 0.706. The van der Waals surface area contributed by atoms with Crippen LogP contribution in [-0.2, 0) is 6.42 Å². The van der Waals surface area contributed by atoms with E-state index in [0.29, 0.717) is 12.1 Å². The largest absolute Gasteiger partial charge is 0.355 e. The molecule has 1 aliphatic heterocycles. The molecular weight excluding hydrogens is 419 g/mol. The first kappa shape index (κ1) is 20.7. The number of rotatable bonds is 6. The minimum Gasteiger partial charge on any atom is -0.355 e. The summed E-state index contributed by atoms with van der Waals surface area (Å²) in [7, 11) is 1.85. The van der Waals surface area contributed by atoms with Gasteiger partial charge in [0.2, 0.25) is 0 Å². The van der Waals surface area contributed by atoms with Crippen molar-refractivity contribution in [2.24, 2.45) is 4.99 Å². The predicted octanol–water partition coefficient (Wildman–Crippen LogP) is 3.25. The molecule has 2 atom stereocenters. The van der Waals surface area contributed by atoms with Crippen LogP contribution < -0.4 is 10.6 Å². The van der Waals surface area contributed by atoms with Crippen LogP contribution in [0.1, 0.15) is 36.4 Å². The smallest absolute Gasteiger partial charge is 0.191 e. The first-order valence-corrected chi connectivity index (χ1v) is 9.20. The number of nitrogens with one attached hydrogen (secondary N) is 2. The van der Waals surface area contributed by atoms with E-state index in [1.807, 2.05) is 18.4 Å². The topological polar surface area (TPSA) is 39.7 Å². The Morgan fingerprint density at radius 2 is 2.26 bits per heavy atom. The van der Waals surface area contributed by atoms with E-state index < -0.39 is 0 Å². The Balaban J connectivity index is 0.00000264. The van der Waals surface area contributed by atoms with Crippen molar-refractivity contribution in [3.8, 4) is 0 Å². The number of likely N-dealkylation sites (tertiary alicyclic amines) is 1. The van der Waals surface area contributed by atoms with Gasteiger partial charge in [-0.25, -0.2) is 0 Å². The van der Waals surface area contributed by atoms with Gasteiger partial charge in [-0.15, -0.1) is 35.3 Å². The minimum absolute atomic E-state index is 0. The van der Waals surface area contributed by atoms with Crippen LogP contribution in [0.15, 0.2) is 17.1 Å². The highest BCUT2D eigenvalue weighted by molar-refractivity contribution is 14.0. The van der Waals surface area contributed by atoms with E-state index in [1.165, 1.54) is 29.1 Å². The first-order chi connectivity index (χ1) is 10.6. The highest BCUT2D eigenvalue weighted by Crippen LogP contribution is 2.17. The molecule has 0 radical (unpaired) electrons. The van der Waals surface area contributed by atoms with Crippen molar-refractivity contribution in [1.29, 1.82) is 0 Å². The summed E-state index contributed by atoms with van der Waals surface area (Å²) in [5, 5.41) is 7.01. The Bertz CT molecular complexity index is 489. The van der Waals surface area contributed by atoms with Gasteiger partial charge in [0.25, 0.3) is 0 Å². The third-order valence-electron chi connectivity index (χ3n) is 4.32. The number of thiophene rings is 1. The lowest BCUT2D eigenvalue weighted by molar-refractivity contribution is 0.267. The van der Waals surface area contributed by atoms with E-state index in [1.54, 1.807) is 0 Å². The van der Waals surface area contributed by atoms with Crippen molar-refractivity contribution in [2.45, 2.75) is 52.1 Å². The number of likely N-dealkylation sites (N-methyl/N-ethyl adjacent to an activating group) is 1. The average molecular weight is 450 g/mol. The summed E-state index contributed by atoms with van der Waals surface area (Å²) < 4.78 is 0. The molecule has 0 saturated carbocycles. The molecule has 6 heteroatoms. The second-order valence-corrected chi connectivity index (χ2v) is 7.51. The van der Waals surface area contributed by atoms with E-state index in [2.05, 4.69) is 53.4 Å². The third kappa shape index (κ3) is 6.58. The number of aryl methyl sites for hydroxylation is 1. The Hall–Kier alpha value is -0.340. The zero-order chi connectivity index (χ0) is 15.9. The zero-order valence-electron chi connectivity index (χ0n) is 14.8. The summed E-state index contributed by atoms with van der Waals surface area (Å²) >= 11 is 1.88. The summed E-state index contributed by atoms with van der Waals surface area (Å²) in [6, 6.07) is 5.46. The van der Waals surface area contributed by atoms with Crippen LogP contribution in [0.25, 0.3) is 0 Å². The normalized spacial score (nSPS) is 20.2. The summed E-state index contributed by atoms with van der Waals surface area (Å²) in [4.78, 5) is 9.73. The molecule has 4 nitrogen and oxygen atoms in total. The molecule has 0 amide bonds. The third-order valence-corrected chi connectivity index (χ3v) is 5.34. The lowest BCUT2D eigenvalue weighted by Gasteiger charge is -2.25. The van der Waals surface area contributed by atoms with Crippen molar-refractivity contribution >= 4 is 41.3 Å². The summed E-state index contributed by atoms with van der Waals surface area (Å²) in [5.74, 6) is 0.920. The van der Waals surface area contributed by atoms with Crippen molar-refractivity contribution in [3.05, 3.63) is 21.9 Å². The highest BCUT2D eigenvalue weighted by atomic mass is 127.